The second-order valence-corrected chi connectivity index (χ2v) is 3.86. The average molecular weight is 176 g/mol. The molecule has 1 saturated carbocycles. The highest BCUT2D eigenvalue weighted by Gasteiger charge is 2.27. The lowest BCUT2D eigenvalue weighted by molar-refractivity contribution is 0.830. The van der Waals surface area contributed by atoms with E-state index in [9.17, 15) is 0 Å². The normalized spacial score (nSPS) is 16.2. The summed E-state index contributed by atoms with van der Waals surface area (Å²) in [6.07, 6.45) is 6.76. The average Bonchev–Trinajstić information content (AvgIpc) is 2.92. The standard InChI is InChI=1S/C11H16N2/c1-3-4-10-7-12-8(2)11(13-10)9-5-6-9/h7,9H,3-6H2,1-2H3. The highest BCUT2D eigenvalue weighted by molar-refractivity contribution is 5.21. The third-order valence-corrected chi connectivity index (χ3v) is 2.51. The Morgan fingerprint density at radius 2 is 2.23 bits per heavy atom. The maximum Gasteiger partial charge on any atom is 0.0650 e. The molecule has 0 N–H and O–H groups in total. The Morgan fingerprint density at radius 1 is 1.46 bits per heavy atom. The molecule has 2 heteroatoms. The van der Waals surface area contributed by atoms with Crippen LogP contribution in [0.3, 0.4) is 0 Å². The smallest absolute Gasteiger partial charge is 0.0650 e. The van der Waals surface area contributed by atoms with Crippen LogP contribution < -0.4 is 0 Å². The quantitative estimate of drug-likeness (QED) is 0.707. The maximum absolute atomic E-state index is 4.66. The Kier molecular flexibility index (Phi) is 2.30. The van der Waals surface area contributed by atoms with Crippen molar-refractivity contribution in [2.45, 2.75) is 45.4 Å². The van der Waals surface area contributed by atoms with E-state index in [1.54, 1.807) is 0 Å². The van der Waals surface area contributed by atoms with Gasteiger partial charge >= 0.3 is 0 Å². The van der Waals surface area contributed by atoms with E-state index >= 15 is 0 Å². The van der Waals surface area contributed by atoms with Gasteiger partial charge in [0.1, 0.15) is 0 Å². The molecule has 0 bridgehead atoms. The van der Waals surface area contributed by atoms with Gasteiger partial charge in [0.2, 0.25) is 0 Å². The number of nitrogens with zero attached hydrogens (tertiary/aromatic N) is 2. The van der Waals surface area contributed by atoms with Gasteiger partial charge in [-0.15, -0.1) is 0 Å². The van der Waals surface area contributed by atoms with Crippen molar-refractivity contribution in [3.63, 3.8) is 0 Å². The fourth-order valence-corrected chi connectivity index (χ4v) is 1.62. The Labute approximate surface area is 79.4 Å². The maximum atomic E-state index is 4.66. The molecule has 1 fully saturated rings. The molecule has 0 amide bonds. The Morgan fingerprint density at radius 3 is 2.85 bits per heavy atom. The predicted molar refractivity (Wildman–Crippen MR) is 52.7 cm³/mol. The molecule has 70 valence electrons. The summed E-state index contributed by atoms with van der Waals surface area (Å²) < 4.78 is 0. The van der Waals surface area contributed by atoms with E-state index in [0.717, 1.165) is 30.1 Å². The van der Waals surface area contributed by atoms with Crippen LogP contribution >= 0.6 is 0 Å². The minimum atomic E-state index is 0.726. The summed E-state index contributed by atoms with van der Waals surface area (Å²) >= 11 is 0. The fourth-order valence-electron chi connectivity index (χ4n) is 1.62. The van der Waals surface area contributed by atoms with E-state index < -0.39 is 0 Å². The molecule has 1 aliphatic rings. The van der Waals surface area contributed by atoms with Gasteiger partial charge < -0.3 is 0 Å². The molecule has 0 spiro atoms. The summed E-state index contributed by atoms with van der Waals surface area (Å²) in [4.78, 5) is 9.06. The molecule has 0 aromatic carbocycles. The molecule has 1 aliphatic carbocycles. The zero-order valence-corrected chi connectivity index (χ0v) is 8.38. The molecule has 0 aliphatic heterocycles. The largest absolute Gasteiger partial charge is 0.258 e. The van der Waals surface area contributed by atoms with Crippen molar-refractivity contribution < 1.29 is 0 Å². The van der Waals surface area contributed by atoms with Crippen molar-refractivity contribution in [2.24, 2.45) is 0 Å². The molecule has 1 heterocycles. The third kappa shape index (κ3) is 1.87. The van der Waals surface area contributed by atoms with Crippen molar-refractivity contribution >= 4 is 0 Å². The number of hydrogen-bond acceptors (Lipinski definition) is 2. The summed E-state index contributed by atoms with van der Waals surface area (Å²) in [7, 11) is 0. The first-order valence-corrected chi connectivity index (χ1v) is 5.13. The van der Waals surface area contributed by atoms with E-state index in [-0.39, 0.29) is 0 Å². The van der Waals surface area contributed by atoms with E-state index in [1.165, 1.54) is 18.5 Å². The molecular formula is C11H16N2. The van der Waals surface area contributed by atoms with Gasteiger partial charge in [0.25, 0.3) is 0 Å². The van der Waals surface area contributed by atoms with Crippen LogP contribution in [0.15, 0.2) is 6.20 Å². The lowest BCUT2D eigenvalue weighted by Gasteiger charge is -2.04. The van der Waals surface area contributed by atoms with E-state index in [1.807, 2.05) is 6.20 Å². The molecule has 0 atom stereocenters. The Hall–Kier alpha value is -0.920. The zero-order valence-electron chi connectivity index (χ0n) is 8.38. The Balaban J connectivity index is 2.25. The number of aryl methyl sites for hydroxylation is 2. The molecule has 0 unspecified atom stereocenters. The van der Waals surface area contributed by atoms with Crippen LogP contribution in [0.4, 0.5) is 0 Å². The highest BCUT2D eigenvalue weighted by atomic mass is 14.8. The molecule has 1 aromatic heterocycles. The van der Waals surface area contributed by atoms with Crippen LogP contribution in [0, 0.1) is 6.92 Å². The van der Waals surface area contributed by atoms with Crippen molar-refractivity contribution in [3.05, 3.63) is 23.3 Å². The van der Waals surface area contributed by atoms with Gasteiger partial charge in [0.15, 0.2) is 0 Å². The summed E-state index contributed by atoms with van der Waals surface area (Å²) in [5, 5.41) is 0. The van der Waals surface area contributed by atoms with Crippen LogP contribution in [0.25, 0.3) is 0 Å². The molecule has 13 heavy (non-hydrogen) atoms. The van der Waals surface area contributed by atoms with Crippen LogP contribution in [0.2, 0.25) is 0 Å². The lowest BCUT2D eigenvalue weighted by Crippen LogP contribution is -1.99. The second kappa shape index (κ2) is 3.44. The van der Waals surface area contributed by atoms with Crippen LogP contribution in [0.5, 0.6) is 0 Å². The van der Waals surface area contributed by atoms with Gasteiger partial charge in [-0.1, -0.05) is 13.3 Å². The lowest BCUT2D eigenvalue weighted by atomic mass is 10.2. The van der Waals surface area contributed by atoms with Gasteiger partial charge in [-0.25, -0.2) is 0 Å². The SMILES string of the molecule is CCCc1cnc(C)c(C2CC2)n1. The van der Waals surface area contributed by atoms with Crippen LogP contribution in [-0.2, 0) is 6.42 Å². The number of rotatable bonds is 3. The first kappa shape index (κ1) is 8.67. The molecule has 0 saturated heterocycles. The molecule has 2 nitrogen and oxygen atoms in total. The fraction of sp³-hybridized carbons (Fsp3) is 0.636. The summed E-state index contributed by atoms with van der Waals surface area (Å²) in [5.41, 5.74) is 3.54. The number of hydrogen-bond donors (Lipinski definition) is 0. The molecule has 1 aromatic rings. The third-order valence-electron chi connectivity index (χ3n) is 2.51. The van der Waals surface area contributed by atoms with Gasteiger partial charge in [-0.05, 0) is 26.2 Å². The van der Waals surface area contributed by atoms with Crippen molar-refractivity contribution in [1.82, 2.24) is 9.97 Å². The summed E-state index contributed by atoms with van der Waals surface area (Å²) in [6.45, 7) is 4.24. The first-order valence-electron chi connectivity index (χ1n) is 5.13. The summed E-state index contributed by atoms with van der Waals surface area (Å²) in [6, 6.07) is 0. The first-order chi connectivity index (χ1) is 6.31. The van der Waals surface area contributed by atoms with Crippen molar-refractivity contribution in [1.29, 1.82) is 0 Å². The zero-order chi connectivity index (χ0) is 9.26. The van der Waals surface area contributed by atoms with Gasteiger partial charge in [-0.3, -0.25) is 9.97 Å². The van der Waals surface area contributed by atoms with Gasteiger partial charge in [0, 0.05) is 12.1 Å². The van der Waals surface area contributed by atoms with Gasteiger partial charge in [-0.2, -0.15) is 0 Å². The van der Waals surface area contributed by atoms with Crippen LogP contribution in [-0.4, -0.2) is 9.97 Å². The molecule has 0 radical (unpaired) electrons. The minimum absolute atomic E-state index is 0.726. The van der Waals surface area contributed by atoms with Crippen molar-refractivity contribution in [3.8, 4) is 0 Å². The number of aromatic nitrogens is 2. The Bertz CT molecular complexity index is 303. The van der Waals surface area contributed by atoms with Crippen molar-refractivity contribution in [2.75, 3.05) is 0 Å². The van der Waals surface area contributed by atoms with Crippen LogP contribution in [0.1, 0.15) is 49.2 Å². The minimum Gasteiger partial charge on any atom is -0.258 e. The van der Waals surface area contributed by atoms with Gasteiger partial charge in [0.05, 0.1) is 17.1 Å². The monoisotopic (exact) mass is 176 g/mol. The molecular weight excluding hydrogens is 160 g/mol. The molecule has 2 rings (SSSR count). The summed E-state index contributed by atoms with van der Waals surface area (Å²) in [5.74, 6) is 0.726. The van der Waals surface area contributed by atoms with E-state index in [4.69, 9.17) is 0 Å². The second-order valence-electron chi connectivity index (χ2n) is 3.86. The highest BCUT2D eigenvalue weighted by Crippen LogP contribution is 2.39. The topological polar surface area (TPSA) is 25.8 Å². The van der Waals surface area contributed by atoms with E-state index in [0.29, 0.717) is 0 Å². The van der Waals surface area contributed by atoms with E-state index in [2.05, 4.69) is 23.8 Å². The predicted octanol–water partition coefficient (Wildman–Crippen LogP) is 2.61.